The Labute approximate surface area is 66.3 Å². The number of pyridine rings is 1. The van der Waals surface area contributed by atoms with Gasteiger partial charge < -0.3 is 4.79 Å². The van der Waals surface area contributed by atoms with Crippen molar-refractivity contribution in [2.24, 2.45) is 0 Å². The molecule has 0 amide bonds. The molecule has 0 aliphatic heterocycles. The second-order valence-electron chi connectivity index (χ2n) is 2.62. The number of hydrogen-bond acceptors (Lipinski definition) is 2. The summed E-state index contributed by atoms with van der Waals surface area (Å²) in [6.07, 6.45) is 4.99. The number of aromatic nitrogens is 1. The Morgan fingerprint density at radius 1 is 1.36 bits per heavy atom. The van der Waals surface area contributed by atoms with Crippen LogP contribution in [0.5, 0.6) is 0 Å². The average molecular weight is 149 g/mol. The van der Waals surface area contributed by atoms with E-state index in [1.54, 1.807) is 12.4 Å². The topological polar surface area (TPSA) is 30.0 Å². The quantitative estimate of drug-likeness (QED) is 0.595. The van der Waals surface area contributed by atoms with E-state index >= 15 is 0 Å². The van der Waals surface area contributed by atoms with E-state index in [2.05, 4.69) is 4.98 Å². The molecular weight excluding hydrogens is 138 g/mol. The third-order valence-electron chi connectivity index (χ3n) is 1.78. The fraction of sp³-hybridized carbons (Fsp3) is 0.333. The normalized spacial score (nSPS) is 9.64. The van der Waals surface area contributed by atoms with E-state index < -0.39 is 0 Å². The highest BCUT2D eigenvalue weighted by molar-refractivity contribution is 5.57. The number of aldehydes is 1. The van der Waals surface area contributed by atoms with Gasteiger partial charge in [0, 0.05) is 18.8 Å². The molecule has 0 N–H and O–H groups in total. The molecule has 1 aromatic heterocycles. The van der Waals surface area contributed by atoms with Crippen LogP contribution in [-0.2, 0) is 11.2 Å². The Balaban J connectivity index is 3.09. The third-order valence-corrected chi connectivity index (χ3v) is 1.78. The van der Waals surface area contributed by atoms with Gasteiger partial charge in [-0.05, 0) is 30.5 Å². The molecule has 1 aromatic rings. The summed E-state index contributed by atoms with van der Waals surface area (Å²) in [4.78, 5) is 14.3. The van der Waals surface area contributed by atoms with Crippen LogP contribution in [0, 0.1) is 13.8 Å². The molecule has 0 unspecified atom stereocenters. The monoisotopic (exact) mass is 149 g/mol. The van der Waals surface area contributed by atoms with Gasteiger partial charge in [-0.25, -0.2) is 0 Å². The van der Waals surface area contributed by atoms with Crippen LogP contribution in [0.2, 0.25) is 0 Å². The van der Waals surface area contributed by atoms with Gasteiger partial charge in [0.05, 0.1) is 0 Å². The zero-order valence-electron chi connectivity index (χ0n) is 6.79. The van der Waals surface area contributed by atoms with Crippen molar-refractivity contribution in [3.05, 3.63) is 29.1 Å². The van der Waals surface area contributed by atoms with Crippen LogP contribution in [0.15, 0.2) is 12.4 Å². The summed E-state index contributed by atoms with van der Waals surface area (Å²) in [5.74, 6) is 0. The summed E-state index contributed by atoms with van der Waals surface area (Å²) in [6, 6.07) is 0. The molecule has 0 fully saturated rings. The fourth-order valence-electron chi connectivity index (χ4n) is 1.13. The van der Waals surface area contributed by atoms with Crippen LogP contribution >= 0.6 is 0 Å². The van der Waals surface area contributed by atoms with Crippen molar-refractivity contribution in [1.29, 1.82) is 0 Å². The molecule has 0 aliphatic rings. The molecule has 1 rings (SSSR count). The average Bonchev–Trinajstić information content (AvgIpc) is 1.97. The van der Waals surface area contributed by atoms with Gasteiger partial charge in [0.2, 0.25) is 0 Å². The number of hydrogen-bond donors (Lipinski definition) is 0. The first-order chi connectivity index (χ1) is 5.25. The number of nitrogens with zero attached hydrogens (tertiary/aromatic N) is 1. The molecule has 1 heterocycles. The van der Waals surface area contributed by atoms with Gasteiger partial charge in [-0.2, -0.15) is 0 Å². The van der Waals surface area contributed by atoms with Gasteiger partial charge in [-0.15, -0.1) is 0 Å². The zero-order valence-corrected chi connectivity index (χ0v) is 6.79. The van der Waals surface area contributed by atoms with E-state index in [-0.39, 0.29) is 0 Å². The highest BCUT2D eigenvalue weighted by Crippen LogP contribution is 2.10. The Morgan fingerprint density at radius 2 is 1.91 bits per heavy atom. The first kappa shape index (κ1) is 7.92. The van der Waals surface area contributed by atoms with Gasteiger partial charge in [-0.3, -0.25) is 4.98 Å². The first-order valence-corrected chi connectivity index (χ1v) is 3.59. The maximum absolute atomic E-state index is 10.3. The molecular formula is C9H11NO. The highest BCUT2D eigenvalue weighted by atomic mass is 16.1. The molecule has 2 heteroatoms. The lowest BCUT2D eigenvalue weighted by Crippen LogP contribution is -1.95. The van der Waals surface area contributed by atoms with Crippen molar-refractivity contribution < 1.29 is 4.79 Å². The minimum absolute atomic E-state index is 0.500. The summed E-state index contributed by atoms with van der Waals surface area (Å²) >= 11 is 0. The Hall–Kier alpha value is -1.18. The lowest BCUT2D eigenvalue weighted by atomic mass is 10.0. The van der Waals surface area contributed by atoms with E-state index in [0.29, 0.717) is 6.42 Å². The molecule has 0 bridgehead atoms. The lowest BCUT2D eigenvalue weighted by molar-refractivity contribution is -0.107. The van der Waals surface area contributed by atoms with E-state index in [0.717, 1.165) is 23.0 Å². The predicted molar refractivity (Wildman–Crippen MR) is 43.5 cm³/mol. The fourth-order valence-corrected chi connectivity index (χ4v) is 1.13. The molecule has 2 nitrogen and oxygen atoms in total. The van der Waals surface area contributed by atoms with Gasteiger partial charge in [-0.1, -0.05) is 0 Å². The summed E-state index contributed by atoms with van der Waals surface area (Å²) < 4.78 is 0. The standard InChI is InChI=1S/C9H11NO/c1-7-5-10-6-8(2)9(7)3-4-11/h4-6H,3H2,1-2H3. The summed E-state index contributed by atoms with van der Waals surface area (Å²) in [7, 11) is 0. The van der Waals surface area contributed by atoms with E-state index in [4.69, 9.17) is 0 Å². The molecule has 0 aromatic carbocycles. The Kier molecular flexibility index (Phi) is 2.36. The first-order valence-electron chi connectivity index (χ1n) is 3.59. The zero-order chi connectivity index (χ0) is 8.27. The van der Waals surface area contributed by atoms with Crippen molar-refractivity contribution in [2.45, 2.75) is 20.3 Å². The van der Waals surface area contributed by atoms with Crippen LogP contribution < -0.4 is 0 Å². The molecule has 0 saturated heterocycles. The van der Waals surface area contributed by atoms with Gasteiger partial charge >= 0.3 is 0 Å². The van der Waals surface area contributed by atoms with E-state index in [9.17, 15) is 4.79 Å². The molecule has 58 valence electrons. The van der Waals surface area contributed by atoms with Crippen molar-refractivity contribution in [3.8, 4) is 0 Å². The Morgan fingerprint density at radius 3 is 2.36 bits per heavy atom. The van der Waals surface area contributed by atoms with E-state index in [1.807, 2.05) is 13.8 Å². The second-order valence-corrected chi connectivity index (χ2v) is 2.62. The van der Waals surface area contributed by atoms with Crippen LogP contribution in [0.25, 0.3) is 0 Å². The highest BCUT2D eigenvalue weighted by Gasteiger charge is 2.00. The molecule has 11 heavy (non-hydrogen) atoms. The Bertz CT molecular complexity index is 248. The summed E-state index contributed by atoms with van der Waals surface area (Å²) in [6.45, 7) is 3.94. The van der Waals surface area contributed by atoms with E-state index in [1.165, 1.54) is 0 Å². The summed E-state index contributed by atoms with van der Waals surface area (Å²) in [5, 5.41) is 0. The van der Waals surface area contributed by atoms with Gasteiger partial charge in [0.25, 0.3) is 0 Å². The van der Waals surface area contributed by atoms with Crippen molar-refractivity contribution in [1.82, 2.24) is 4.98 Å². The number of rotatable bonds is 2. The van der Waals surface area contributed by atoms with Gasteiger partial charge in [0.15, 0.2) is 0 Å². The number of aryl methyl sites for hydroxylation is 2. The smallest absolute Gasteiger partial charge is 0.124 e. The minimum atomic E-state index is 0.500. The maximum atomic E-state index is 10.3. The summed E-state index contributed by atoms with van der Waals surface area (Å²) in [5.41, 5.74) is 3.30. The third kappa shape index (κ3) is 1.64. The lowest BCUT2D eigenvalue weighted by Gasteiger charge is -2.03. The molecule has 0 radical (unpaired) electrons. The maximum Gasteiger partial charge on any atom is 0.124 e. The van der Waals surface area contributed by atoms with Crippen LogP contribution in [0.3, 0.4) is 0 Å². The minimum Gasteiger partial charge on any atom is -0.303 e. The van der Waals surface area contributed by atoms with Crippen molar-refractivity contribution >= 4 is 6.29 Å². The van der Waals surface area contributed by atoms with Crippen LogP contribution in [-0.4, -0.2) is 11.3 Å². The van der Waals surface area contributed by atoms with Crippen molar-refractivity contribution in [3.63, 3.8) is 0 Å². The SMILES string of the molecule is Cc1cncc(C)c1CC=O. The van der Waals surface area contributed by atoms with Gasteiger partial charge in [0.1, 0.15) is 6.29 Å². The predicted octanol–water partition coefficient (Wildman–Crippen LogP) is 1.44. The molecule has 0 saturated carbocycles. The molecule has 0 spiro atoms. The molecule has 0 aliphatic carbocycles. The largest absolute Gasteiger partial charge is 0.303 e. The van der Waals surface area contributed by atoms with Crippen LogP contribution in [0.4, 0.5) is 0 Å². The van der Waals surface area contributed by atoms with Crippen LogP contribution in [0.1, 0.15) is 16.7 Å². The number of carbonyl (C=O) groups is 1. The van der Waals surface area contributed by atoms with Crippen molar-refractivity contribution in [2.75, 3.05) is 0 Å². The molecule has 0 atom stereocenters. The second kappa shape index (κ2) is 3.28. The number of carbonyl (C=O) groups excluding carboxylic acids is 1.